The molecule has 5 heteroatoms. The van der Waals surface area contributed by atoms with Gasteiger partial charge in [-0.25, -0.2) is 4.79 Å². The maximum absolute atomic E-state index is 12.2. The van der Waals surface area contributed by atoms with Gasteiger partial charge < -0.3 is 19.6 Å². The van der Waals surface area contributed by atoms with Crippen LogP contribution in [0.5, 0.6) is 0 Å². The van der Waals surface area contributed by atoms with Crippen molar-refractivity contribution in [3.63, 3.8) is 0 Å². The summed E-state index contributed by atoms with van der Waals surface area (Å²) in [5, 5.41) is 10.7. The molecule has 1 fully saturated rings. The topological polar surface area (TPSA) is 53.0 Å². The highest BCUT2D eigenvalue weighted by atomic mass is 16.6. The molecular weight excluding hydrogens is 364 g/mol. The first-order chi connectivity index (χ1) is 13.7. The SMILES string of the molecule is C[C@H](c1ccc(N2CCN(C(=O)OC(C)(C)C)CC2)cc1)[C@@H](O)c1ccccc1. The van der Waals surface area contributed by atoms with E-state index in [1.165, 1.54) is 0 Å². The number of aliphatic hydroxyl groups excluding tert-OH is 1. The molecule has 2 aromatic carbocycles. The molecule has 156 valence electrons. The summed E-state index contributed by atoms with van der Waals surface area (Å²) >= 11 is 0. The number of anilines is 1. The maximum Gasteiger partial charge on any atom is 0.410 e. The van der Waals surface area contributed by atoms with Gasteiger partial charge in [0.1, 0.15) is 5.60 Å². The van der Waals surface area contributed by atoms with Gasteiger partial charge in [0.2, 0.25) is 0 Å². The molecule has 1 amide bonds. The summed E-state index contributed by atoms with van der Waals surface area (Å²) in [7, 11) is 0. The van der Waals surface area contributed by atoms with Gasteiger partial charge in [0.15, 0.2) is 0 Å². The van der Waals surface area contributed by atoms with Crippen molar-refractivity contribution in [2.75, 3.05) is 31.1 Å². The molecule has 0 aliphatic carbocycles. The summed E-state index contributed by atoms with van der Waals surface area (Å²) in [6.45, 7) is 10.6. The number of hydrogen-bond acceptors (Lipinski definition) is 4. The van der Waals surface area contributed by atoms with Gasteiger partial charge in [-0.2, -0.15) is 0 Å². The fourth-order valence-electron chi connectivity index (χ4n) is 3.58. The first-order valence-electron chi connectivity index (χ1n) is 10.3. The highest BCUT2D eigenvalue weighted by Gasteiger charge is 2.26. The molecule has 0 spiro atoms. The predicted molar refractivity (Wildman–Crippen MR) is 116 cm³/mol. The van der Waals surface area contributed by atoms with Gasteiger partial charge >= 0.3 is 6.09 Å². The number of carbonyl (C=O) groups excluding carboxylic acids is 1. The van der Waals surface area contributed by atoms with Crippen molar-refractivity contribution in [3.05, 3.63) is 65.7 Å². The van der Waals surface area contributed by atoms with Crippen LogP contribution in [0.2, 0.25) is 0 Å². The van der Waals surface area contributed by atoms with Crippen molar-refractivity contribution in [3.8, 4) is 0 Å². The van der Waals surface area contributed by atoms with Gasteiger partial charge in [-0.15, -0.1) is 0 Å². The second-order valence-electron chi connectivity index (χ2n) is 8.69. The predicted octanol–water partition coefficient (Wildman–Crippen LogP) is 4.58. The summed E-state index contributed by atoms with van der Waals surface area (Å²) in [5.74, 6) is 0.00969. The molecule has 2 atom stereocenters. The molecule has 1 N–H and O–H groups in total. The molecule has 29 heavy (non-hydrogen) atoms. The number of piperazine rings is 1. The van der Waals surface area contributed by atoms with E-state index < -0.39 is 11.7 Å². The largest absolute Gasteiger partial charge is 0.444 e. The smallest absolute Gasteiger partial charge is 0.410 e. The fraction of sp³-hybridized carbons (Fsp3) is 0.458. The third-order valence-electron chi connectivity index (χ3n) is 5.33. The van der Waals surface area contributed by atoms with Crippen LogP contribution in [0.4, 0.5) is 10.5 Å². The average molecular weight is 397 g/mol. The number of benzene rings is 2. The van der Waals surface area contributed by atoms with E-state index in [4.69, 9.17) is 4.74 Å². The second-order valence-corrected chi connectivity index (χ2v) is 8.69. The van der Waals surface area contributed by atoms with Crippen LogP contribution < -0.4 is 4.90 Å². The molecule has 5 nitrogen and oxygen atoms in total. The Morgan fingerprint density at radius 3 is 2.07 bits per heavy atom. The molecule has 0 saturated carbocycles. The first kappa shape index (κ1) is 21.2. The zero-order valence-electron chi connectivity index (χ0n) is 17.8. The van der Waals surface area contributed by atoms with Crippen LogP contribution in [0, 0.1) is 0 Å². The van der Waals surface area contributed by atoms with Crippen molar-refractivity contribution in [1.29, 1.82) is 0 Å². The molecule has 3 rings (SSSR count). The summed E-state index contributed by atoms with van der Waals surface area (Å²) in [4.78, 5) is 16.3. The van der Waals surface area contributed by atoms with E-state index in [-0.39, 0.29) is 12.0 Å². The Morgan fingerprint density at radius 1 is 0.931 bits per heavy atom. The van der Waals surface area contributed by atoms with Crippen LogP contribution in [0.3, 0.4) is 0 Å². The van der Waals surface area contributed by atoms with Gasteiger partial charge in [0, 0.05) is 37.8 Å². The lowest BCUT2D eigenvalue weighted by Gasteiger charge is -2.36. The normalized spacial score (nSPS) is 17.0. The summed E-state index contributed by atoms with van der Waals surface area (Å²) in [6.07, 6.45) is -0.768. The third kappa shape index (κ3) is 5.51. The Balaban J connectivity index is 1.58. The Labute approximate surface area is 173 Å². The highest BCUT2D eigenvalue weighted by molar-refractivity contribution is 5.68. The number of carbonyl (C=O) groups is 1. The van der Waals surface area contributed by atoms with Crippen LogP contribution >= 0.6 is 0 Å². The molecule has 1 aliphatic heterocycles. The molecule has 2 aromatic rings. The quantitative estimate of drug-likeness (QED) is 0.822. The fourth-order valence-corrected chi connectivity index (χ4v) is 3.58. The van der Waals surface area contributed by atoms with Gasteiger partial charge in [-0.05, 0) is 44.0 Å². The Kier molecular flexibility index (Phi) is 6.48. The summed E-state index contributed by atoms with van der Waals surface area (Å²) in [5.41, 5.74) is 2.71. The van der Waals surface area contributed by atoms with E-state index in [0.29, 0.717) is 13.1 Å². The molecule has 0 aromatic heterocycles. The van der Waals surface area contributed by atoms with E-state index in [1.807, 2.05) is 58.0 Å². The zero-order valence-corrected chi connectivity index (χ0v) is 17.8. The molecular formula is C24H32N2O3. The zero-order chi connectivity index (χ0) is 21.0. The van der Waals surface area contributed by atoms with Gasteiger partial charge in [-0.3, -0.25) is 0 Å². The Bertz CT molecular complexity index is 791. The van der Waals surface area contributed by atoms with Crippen molar-refractivity contribution >= 4 is 11.8 Å². The molecule has 1 heterocycles. The lowest BCUT2D eigenvalue weighted by Crippen LogP contribution is -2.50. The lowest BCUT2D eigenvalue weighted by molar-refractivity contribution is 0.0240. The Hall–Kier alpha value is -2.53. The first-order valence-corrected chi connectivity index (χ1v) is 10.3. The van der Waals surface area contributed by atoms with Crippen molar-refractivity contribution < 1.29 is 14.6 Å². The van der Waals surface area contributed by atoms with Crippen LogP contribution in [-0.4, -0.2) is 47.9 Å². The van der Waals surface area contributed by atoms with E-state index in [9.17, 15) is 9.90 Å². The van der Waals surface area contributed by atoms with Crippen molar-refractivity contribution in [2.24, 2.45) is 0 Å². The molecule has 0 radical (unpaired) electrons. The minimum absolute atomic E-state index is 0.00969. The third-order valence-corrected chi connectivity index (χ3v) is 5.33. The van der Waals surface area contributed by atoms with Gasteiger partial charge in [0.25, 0.3) is 0 Å². The number of aliphatic hydroxyl groups is 1. The molecule has 1 aliphatic rings. The minimum Gasteiger partial charge on any atom is -0.444 e. The molecule has 0 unspecified atom stereocenters. The van der Waals surface area contributed by atoms with Crippen LogP contribution in [0.1, 0.15) is 50.8 Å². The second kappa shape index (κ2) is 8.87. The van der Waals surface area contributed by atoms with Crippen LogP contribution in [0.25, 0.3) is 0 Å². The average Bonchev–Trinajstić information content (AvgIpc) is 2.72. The Morgan fingerprint density at radius 2 is 1.52 bits per heavy atom. The minimum atomic E-state index is -0.528. The summed E-state index contributed by atoms with van der Waals surface area (Å²) in [6, 6.07) is 18.2. The van der Waals surface area contributed by atoms with Gasteiger partial charge in [-0.1, -0.05) is 49.4 Å². The number of hydrogen-bond donors (Lipinski definition) is 1. The highest BCUT2D eigenvalue weighted by Crippen LogP contribution is 2.31. The van der Waals surface area contributed by atoms with E-state index in [0.717, 1.165) is 29.9 Å². The lowest BCUT2D eigenvalue weighted by atomic mass is 9.91. The van der Waals surface area contributed by atoms with E-state index in [2.05, 4.69) is 29.2 Å². The number of rotatable bonds is 4. The standard InChI is InChI=1S/C24H32N2O3/c1-18(22(27)20-8-6-5-7-9-20)19-10-12-21(13-11-19)25-14-16-26(17-15-25)23(28)29-24(2,3)4/h5-13,18,22,27H,14-17H2,1-4H3/t18-,22-/m1/s1. The van der Waals surface area contributed by atoms with E-state index in [1.54, 1.807) is 4.90 Å². The number of amides is 1. The van der Waals surface area contributed by atoms with Gasteiger partial charge in [0.05, 0.1) is 6.10 Å². The number of ether oxygens (including phenoxy) is 1. The summed E-state index contributed by atoms with van der Waals surface area (Å²) < 4.78 is 5.46. The van der Waals surface area contributed by atoms with Crippen LogP contribution in [0.15, 0.2) is 54.6 Å². The van der Waals surface area contributed by atoms with Crippen molar-refractivity contribution in [2.45, 2.75) is 45.3 Å². The number of nitrogens with zero attached hydrogens (tertiary/aromatic N) is 2. The molecule has 0 bridgehead atoms. The van der Waals surface area contributed by atoms with Crippen molar-refractivity contribution in [1.82, 2.24) is 4.90 Å². The maximum atomic E-state index is 12.2. The molecule has 1 saturated heterocycles. The van der Waals surface area contributed by atoms with E-state index >= 15 is 0 Å². The monoisotopic (exact) mass is 396 g/mol. The van der Waals surface area contributed by atoms with Crippen LogP contribution in [-0.2, 0) is 4.74 Å².